The topological polar surface area (TPSA) is 84.0 Å². The molecule has 3 fully saturated rings. The third kappa shape index (κ3) is 4.50. The van der Waals surface area contributed by atoms with E-state index in [-0.39, 0.29) is 42.1 Å². The molecule has 0 aliphatic carbocycles. The lowest BCUT2D eigenvalue weighted by atomic mass is 9.75. The Bertz CT molecular complexity index is 1070. The summed E-state index contributed by atoms with van der Waals surface area (Å²) in [6.45, 7) is 3.08. The van der Waals surface area contributed by atoms with Crippen LogP contribution >= 0.6 is 0 Å². The Morgan fingerprint density at radius 1 is 1.20 bits per heavy atom. The van der Waals surface area contributed by atoms with Crippen LogP contribution in [0, 0.1) is 11.7 Å². The van der Waals surface area contributed by atoms with Crippen LogP contribution < -0.4 is 10.1 Å². The van der Waals surface area contributed by atoms with Gasteiger partial charge in [0.2, 0.25) is 0 Å². The molecule has 5 rings (SSSR count). The normalized spacial score (nSPS) is 25.8. The first-order valence-electron chi connectivity index (χ1n) is 12.2. The van der Waals surface area contributed by atoms with Crippen LogP contribution in [0.5, 0.6) is 5.75 Å². The Kier molecular flexibility index (Phi) is 6.71. The van der Waals surface area contributed by atoms with Gasteiger partial charge in [-0.05, 0) is 74.5 Å². The van der Waals surface area contributed by atoms with Crippen LogP contribution in [-0.2, 0) is 21.6 Å². The first-order valence-corrected chi connectivity index (χ1v) is 12.2. The molecule has 0 bridgehead atoms. The smallest absolute Gasteiger partial charge is 0.325 e. The minimum absolute atomic E-state index is 0.0950. The van der Waals surface area contributed by atoms with Crippen molar-refractivity contribution < 1.29 is 23.5 Å². The van der Waals surface area contributed by atoms with Crippen molar-refractivity contribution in [2.75, 3.05) is 33.4 Å². The zero-order valence-electron chi connectivity index (χ0n) is 19.9. The molecular weight excluding hydrogens is 451 g/mol. The maximum atomic E-state index is 13.9. The van der Waals surface area contributed by atoms with Gasteiger partial charge in [0.15, 0.2) is 17.1 Å². The highest BCUT2D eigenvalue weighted by molar-refractivity contribution is 6.07. The molecule has 1 aromatic carbocycles. The quantitative estimate of drug-likeness (QED) is 0.611. The predicted molar refractivity (Wildman–Crippen MR) is 126 cm³/mol. The van der Waals surface area contributed by atoms with Crippen molar-refractivity contribution in [2.24, 2.45) is 5.92 Å². The van der Waals surface area contributed by atoms with Crippen LogP contribution in [-0.4, -0.2) is 66.2 Å². The van der Waals surface area contributed by atoms with Crippen LogP contribution in [0.1, 0.15) is 36.9 Å². The van der Waals surface area contributed by atoms with E-state index in [0.717, 1.165) is 31.5 Å². The molecule has 0 radical (unpaired) electrons. The molecule has 35 heavy (non-hydrogen) atoms. The van der Waals surface area contributed by atoms with Gasteiger partial charge in [-0.1, -0.05) is 12.1 Å². The fraction of sp³-hybridized carbons (Fsp3) is 0.500. The highest BCUT2D eigenvalue weighted by Crippen LogP contribution is 2.41. The lowest BCUT2D eigenvalue weighted by molar-refractivity contribution is -0.135. The molecular formula is C26H31FN4O4. The van der Waals surface area contributed by atoms with Crippen molar-refractivity contribution in [1.82, 2.24) is 20.1 Å². The molecule has 2 atom stereocenters. The van der Waals surface area contributed by atoms with E-state index in [1.54, 1.807) is 18.3 Å². The number of hydrogen-bond donors (Lipinski definition) is 1. The van der Waals surface area contributed by atoms with E-state index in [4.69, 9.17) is 9.47 Å². The number of hydrogen-bond acceptors (Lipinski definition) is 6. The number of rotatable bonds is 7. The number of urea groups is 1. The van der Waals surface area contributed by atoms with Gasteiger partial charge in [-0.25, -0.2) is 9.18 Å². The summed E-state index contributed by atoms with van der Waals surface area (Å²) in [6.07, 6.45) is 4.77. The monoisotopic (exact) mass is 482 g/mol. The molecule has 3 amide bonds. The minimum atomic E-state index is -1.18. The highest BCUT2D eigenvalue weighted by Gasteiger charge is 2.58. The number of carbonyl (C=O) groups is 2. The largest absolute Gasteiger partial charge is 0.494 e. The molecule has 8 nitrogen and oxygen atoms in total. The highest BCUT2D eigenvalue weighted by atomic mass is 19.1. The maximum absolute atomic E-state index is 13.9. The third-order valence-electron chi connectivity index (χ3n) is 7.43. The Morgan fingerprint density at radius 3 is 2.71 bits per heavy atom. The number of ether oxygens (including phenoxy) is 2. The van der Waals surface area contributed by atoms with Crippen molar-refractivity contribution in [3.05, 3.63) is 59.7 Å². The molecule has 1 N–H and O–H groups in total. The standard InChI is InChI=1S/C26H31FN4O4/c1-34-22-15-18(7-8-21(22)27)16-30-12-9-19(10-13-30)26(23-6-2-3-11-28-23)24(32)31(25(33)29-26)17-20-5-4-14-35-20/h2-3,6-8,11,15,19-20H,4-5,9-10,12-14,16-17H2,1H3,(H,29,33)/t20-,26-/m1/s1. The zero-order chi connectivity index (χ0) is 24.4. The van der Waals surface area contributed by atoms with E-state index >= 15 is 0 Å². The van der Waals surface area contributed by atoms with E-state index in [1.807, 2.05) is 18.2 Å². The first-order chi connectivity index (χ1) is 17.0. The Balaban J connectivity index is 1.34. The lowest BCUT2D eigenvalue weighted by Crippen LogP contribution is -2.54. The molecule has 3 saturated heterocycles. The number of nitrogens with zero attached hydrogens (tertiary/aromatic N) is 3. The second-order valence-electron chi connectivity index (χ2n) is 9.52. The van der Waals surface area contributed by atoms with Crippen molar-refractivity contribution in [3.63, 3.8) is 0 Å². The Hall–Kier alpha value is -3.04. The summed E-state index contributed by atoms with van der Waals surface area (Å²) in [7, 11) is 1.46. The summed E-state index contributed by atoms with van der Waals surface area (Å²) in [6, 6.07) is 10.0. The number of likely N-dealkylation sites (tertiary alicyclic amines) is 1. The number of carbonyl (C=O) groups excluding carboxylic acids is 2. The summed E-state index contributed by atoms with van der Waals surface area (Å²) < 4.78 is 24.6. The summed E-state index contributed by atoms with van der Waals surface area (Å²) in [5.41, 5.74) is 0.367. The Labute approximate surface area is 204 Å². The van der Waals surface area contributed by atoms with Crippen LogP contribution in [0.15, 0.2) is 42.6 Å². The van der Waals surface area contributed by atoms with Crippen LogP contribution in [0.25, 0.3) is 0 Å². The zero-order valence-corrected chi connectivity index (χ0v) is 19.9. The molecule has 186 valence electrons. The fourth-order valence-electron chi connectivity index (χ4n) is 5.59. The molecule has 3 aliphatic heterocycles. The number of halogens is 1. The molecule has 4 heterocycles. The van der Waals surface area contributed by atoms with Gasteiger partial charge in [0, 0.05) is 19.3 Å². The van der Waals surface area contributed by atoms with Crippen molar-refractivity contribution >= 4 is 11.9 Å². The van der Waals surface area contributed by atoms with Gasteiger partial charge in [-0.15, -0.1) is 0 Å². The number of pyridine rings is 1. The van der Waals surface area contributed by atoms with Crippen LogP contribution in [0.4, 0.5) is 9.18 Å². The van der Waals surface area contributed by atoms with Crippen LogP contribution in [0.3, 0.4) is 0 Å². The maximum Gasteiger partial charge on any atom is 0.325 e. The molecule has 0 spiro atoms. The van der Waals surface area contributed by atoms with E-state index in [2.05, 4.69) is 15.2 Å². The second-order valence-corrected chi connectivity index (χ2v) is 9.52. The van der Waals surface area contributed by atoms with E-state index in [9.17, 15) is 14.0 Å². The Morgan fingerprint density at radius 2 is 2.03 bits per heavy atom. The molecule has 3 aliphatic rings. The predicted octanol–water partition coefficient (Wildman–Crippen LogP) is 3.07. The van der Waals surface area contributed by atoms with Crippen LogP contribution in [0.2, 0.25) is 0 Å². The van der Waals surface area contributed by atoms with Gasteiger partial charge in [0.05, 0.1) is 25.5 Å². The van der Waals surface area contributed by atoms with Gasteiger partial charge < -0.3 is 14.8 Å². The van der Waals surface area contributed by atoms with Gasteiger partial charge in [0.1, 0.15) is 0 Å². The number of imide groups is 1. The summed E-state index contributed by atoms with van der Waals surface area (Å²) in [5.74, 6) is -0.479. The average Bonchev–Trinajstić information content (AvgIpc) is 3.49. The van der Waals surface area contributed by atoms with Crippen molar-refractivity contribution in [3.8, 4) is 5.75 Å². The third-order valence-corrected chi connectivity index (χ3v) is 7.43. The molecule has 0 saturated carbocycles. The first kappa shape index (κ1) is 23.7. The number of piperidine rings is 1. The number of amides is 3. The summed E-state index contributed by atoms with van der Waals surface area (Å²) in [5, 5.41) is 3.06. The fourth-order valence-corrected chi connectivity index (χ4v) is 5.59. The second kappa shape index (κ2) is 9.91. The molecule has 0 unspecified atom stereocenters. The van der Waals surface area contributed by atoms with Gasteiger partial charge in [-0.2, -0.15) is 0 Å². The van der Waals surface area contributed by atoms with Gasteiger partial charge >= 0.3 is 6.03 Å². The summed E-state index contributed by atoms with van der Waals surface area (Å²) >= 11 is 0. The molecule has 2 aromatic rings. The number of nitrogens with one attached hydrogen (secondary N) is 1. The lowest BCUT2D eigenvalue weighted by Gasteiger charge is -2.40. The van der Waals surface area contributed by atoms with Crippen molar-refractivity contribution in [1.29, 1.82) is 0 Å². The van der Waals surface area contributed by atoms with Gasteiger partial charge in [0.25, 0.3) is 5.91 Å². The SMILES string of the molecule is COc1cc(CN2CCC([C@]3(c4ccccn4)NC(=O)N(C[C@H]4CCCO4)C3=O)CC2)ccc1F. The number of benzene rings is 1. The van der Waals surface area contributed by atoms with Crippen molar-refractivity contribution in [2.45, 2.75) is 43.9 Å². The number of aromatic nitrogens is 1. The minimum Gasteiger partial charge on any atom is -0.494 e. The number of methoxy groups -OCH3 is 1. The van der Waals surface area contributed by atoms with E-state index < -0.39 is 5.54 Å². The molecule has 1 aromatic heterocycles. The summed E-state index contributed by atoms with van der Waals surface area (Å²) in [4.78, 5) is 35.1. The molecule has 9 heteroatoms. The average molecular weight is 483 g/mol. The van der Waals surface area contributed by atoms with Gasteiger partial charge in [-0.3, -0.25) is 19.6 Å². The van der Waals surface area contributed by atoms with E-state index in [1.165, 1.54) is 18.1 Å². The van der Waals surface area contributed by atoms with E-state index in [0.29, 0.717) is 31.7 Å².